The van der Waals surface area contributed by atoms with Crippen LogP contribution < -0.4 is 5.32 Å². The Balaban J connectivity index is 1.62. The quantitative estimate of drug-likeness (QED) is 0.356. The Morgan fingerprint density at radius 2 is 1.75 bits per heavy atom. The zero-order valence-electron chi connectivity index (χ0n) is 17.0. The van der Waals surface area contributed by atoms with Crippen LogP contribution in [-0.2, 0) is 6.54 Å². The number of anilines is 2. The van der Waals surface area contributed by atoms with Crippen LogP contribution >= 0.6 is 23.2 Å². The summed E-state index contributed by atoms with van der Waals surface area (Å²) in [4.78, 5) is 13.9. The molecule has 1 aliphatic rings. The van der Waals surface area contributed by atoms with Crippen molar-refractivity contribution in [2.24, 2.45) is 4.99 Å². The summed E-state index contributed by atoms with van der Waals surface area (Å²) in [6, 6.07) is 17.7. The SMILES string of the molecule is Cc1cc(Cl)cc(Nc2ncc3c(n2)-c2ccc(Cl)cc2C(c2ccccc2F)=NC3)c1. The lowest BCUT2D eigenvalue weighted by Gasteiger charge is -2.13. The molecule has 7 heteroatoms. The molecule has 2 heterocycles. The van der Waals surface area contributed by atoms with Crippen LogP contribution in [0.25, 0.3) is 11.3 Å². The lowest BCUT2D eigenvalue weighted by Crippen LogP contribution is -2.07. The first-order valence-corrected chi connectivity index (χ1v) is 10.7. The number of halogens is 3. The van der Waals surface area contributed by atoms with Crippen molar-refractivity contribution in [2.45, 2.75) is 13.5 Å². The summed E-state index contributed by atoms with van der Waals surface area (Å²) in [5, 5.41) is 4.39. The molecule has 0 fully saturated rings. The standard InChI is InChI=1S/C25H17Cl2FN4/c1-14-8-17(27)10-18(9-14)31-25-30-13-15-12-29-24(20-4-2-3-5-22(20)28)21-11-16(26)6-7-19(21)23(15)32-25/h2-11,13H,12H2,1H3,(H,30,31,32). The third-order valence-corrected chi connectivity index (χ3v) is 5.64. The summed E-state index contributed by atoms with van der Waals surface area (Å²) in [5.41, 5.74) is 5.89. The second-order valence-electron chi connectivity index (χ2n) is 7.54. The predicted octanol–water partition coefficient (Wildman–Crippen LogP) is 6.99. The lowest BCUT2D eigenvalue weighted by atomic mass is 9.95. The highest BCUT2D eigenvalue weighted by Crippen LogP contribution is 2.34. The van der Waals surface area contributed by atoms with Crippen LogP contribution in [0.3, 0.4) is 0 Å². The van der Waals surface area contributed by atoms with Gasteiger partial charge in [-0.2, -0.15) is 0 Å². The normalized spacial score (nSPS) is 12.4. The summed E-state index contributed by atoms with van der Waals surface area (Å²) < 4.78 is 14.6. The average Bonchev–Trinajstić information content (AvgIpc) is 2.90. The molecule has 5 rings (SSSR count). The molecule has 1 aliphatic heterocycles. The summed E-state index contributed by atoms with van der Waals surface area (Å²) >= 11 is 12.5. The van der Waals surface area contributed by atoms with E-state index in [-0.39, 0.29) is 5.82 Å². The van der Waals surface area contributed by atoms with Crippen LogP contribution in [-0.4, -0.2) is 15.7 Å². The van der Waals surface area contributed by atoms with Gasteiger partial charge in [0.2, 0.25) is 5.95 Å². The number of aryl methyl sites for hydroxylation is 1. The van der Waals surface area contributed by atoms with Crippen molar-refractivity contribution in [1.29, 1.82) is 0 Å². The first-order valence-electron chi connectivity index (χ1n) is 9.98. The van der Waals surface area contributed by atoms with Crippen molar-refractivity contribution in [2.75, 3.05) is 5.32 Å². The molecule has 3 aromatic carbocycles. The molecule has 0 saturated carbocycles. The van der Waals surface area contributed by atoms with Crippen LogP contribution in [0.4, 0.5) is 16.0 Å². The maximum atomic E-state index is 14.6. The monoisotopic (exact) mass is 462 g/mol. The minimum Gasteiger partial charge on any atom is -0.324 e. The number of hydrogen-bond acceptors (Lipinski definition) is 4. The molecule has 0 spiro atoms. The molecule has 4 nitrogen and oxygen atoms in total. The Morgan fingerprint density at radius 1 is 0.906 bits per heavy atom. The summed E-state index contributed by atoms with van der Waals surface area (Å²) in [7, 11) is 0. The first kappa shape index (κ1) is 20.6. The molecule has 32 heavy (non-hydrogen) atoms. The van der Waals surface area contributed by atoms with Gasteiger partial charge in [0.25, 0.3) is 0 Å². The van der Waals surface area contributed by atoms with Crippen molar-refractivity contribution in [1.82, 2.24) is 9.97 Å². The topological polar surface area (TPSA) is 50.2 Å². The fourth-order valence-corrected chi connectivity index (χ4v) is 4.27. The van der Waals surface area contributed by atoms with Gasteiger partial charge < -0.3 is 5.32 Å². The maximum Gasteiger partial charge on any atom is 0.227 e. The van der Waals surface area contributed by atoms with Crippen molar-refractivity contribution in [3.8, 4) is 11.3 Å². The molecule has 0 amide bonds. The van der Waals surface area contributed by atoms with Gasteiger partial charge in [0, 0.05) is 44.2 Å². The number of rotatable bonds is 3. The molecular weight excluding hydrogens is 446 g/mol. The van der Waals surface area contributed by atoms with Gasteiger partial charge in [-0.15, -0.1) is 0 Å². The van der Waals surface area contributed by atoms with E-state index in [9.17, 15) is 4.39 Å². The summed E-state index contributed by atoms with van der Waals surface area (Å²) in [5.74, 6) is 0.0913. The van der Waals surface area contributed by atoms with Crippen molar-refractivity contribution < 1.29 is 4.39 Å². The van der Waals surface area contributed by atoms with Gasteiger partial charge in [0.1, 0.15) is 5.82 Å². The Kier molecular flexibility index (Phi) is 5.37. The molecule has 0 atom stereocenters. The van der Waals surface area contributed by atoms with E-state index in [2.05, 4.69) is 10.3 Å². The van der Waals surface area contributed by atoms with Gasteiger partial charge in [0.05, 0.1) is 18.0 Å². The Labute approximate surface area is 194 Å². The molecule has 0 unspecified atom stereocenters. The number of aromatic nitrogens is 2. The predicted molar refractivity (Wildman–Crippen MR) is 128 cm³/mol. The van der Waals surface area contributed by atoms with Gasteiger partial charge in [-0.25, -0.2) is 14.4 Å². The highest BCUT2D eigenvalue weighted by atomic mass is 35.5. The molecular formula is C25H17Cl2FN4. The number of fused-ring (bicyclic) bond motifs is 3. The molecule has 0 saturated heterocycles. The third kappa shape index (κ3) is 3.97. The van der Waals surface area contributed by atoms with Crippen LogP contribution in [0.15, 0.2) is 71.9 Å². The number of hydrogen-bond donors (Lipinski definition) is 1. The zero-order valence-corrected chi connectivity index (χ0v) is 18.5. The van der Waals surface area contributed by atoms with E-state index in [1.807, 2.05) is 31.2 Å². The number of nitrogens with zero attached hydrogens (tertiary/aromatic N) is 3. The fourth-order valence-electron chi connectivity index (χ4n) is 3.81. The fraction of sp³-hybridized carbons (Fsp3) is 0.0800. The number of aliphatic imine (C=N–C) groups is 1. The van der Waals surface area contributed by atoms with E-state index in [1.54, 1.807) is 36.5 Å². The lowest BCUT2D eigenvalue weighted by molar-refractivity contribution is 0.625. The second-order valence-corrected chi connectivity index (χ2v) is 8.42. The van der Waals surface area contributed by atoms with Crippen molar-refractivity contribution in [3.63, 3.8) is 0 Å². The van der Waals surface area contributed by atoms with E-state index in [0.717, 1.165) is 33.6 Å². The molecule has 1 N–H and O–H groups in total. The molecule has 1 aromatic heterocycles. The Morgan fingerprint density at radius 3 is 2.56 bits per heavy atom. The summed E-state index contributed by atoms with van der Waals surface area (Å²) in [6.45, 7) is 2.29. The molecule has 4 aromatic rings. The van der Waals surface area contributed by atoms with Crippen molar-refractivity contribution in [3.05, 3.63) is 105 Å². The molecule has 0 bridgehead atoms. The highest BCUT2D eigenvalue weighted by molar-refractivity contribution is 6.32. The second kappa shape index (κ2) is 8.34. The maximum absolute atomic E-state index is 14.6. The van der Waals surface area contributed by atoms with Crippen LogP contribution in [0.1, 0.15) is 22.3 Å². The minimum absolute atomic E-state index is 0.321. The van der Waals surface area contributed by atoms with Crippen LogP contribution in [0.2, 0.25) is 10.0 Å². The highest BCUT2D eigenvalue weighted by Gasteiger charge is 2.23. The summed E-state index contributed by atoms with van der Waals surface area (Å²) in [6.07, 6.45) is 1.74. The van der Waals surface area contributed by atoms with E-state index < -0.39 is 0 Å². The first-order chi connectivity index (χ1) is 15.5. The van der Waals surface area contributed by atoms with Gasteiger partial charge >= 0.3 is 0 Å². The van der Waals surface area contributed by atoms with Crippen LogP contribution in [0.5, 0.6) is 0 Å². The van der Waals surface area contributed by atoms with E-state index in [0.29, 0.717) is 33.8 Å². The van der Waals surface area contributed by atoms with Gasteiger partial charge in [-0.05, 0) is 55.0 Å². The largest absolute Gasteiger partial charge is 0.324 e. The van der Waals surface area contributed by atoms with Crippen LogP contribution in [0, 0.1) is 12.7 Å². The molecule has 0 radical (unpaired) electrons. The number of benzene rings is 3. The third-order valence-electron chi connectivity index (χ3n) is 5.19. The van der Waals surface area contributed by atoms with Gasteiger partial charge in [-0.3, -0.25) is 4.99 Å². The minimum atomic E-state index is -0.340. The zero-order chi connectivity index (χ0) is 22.2. The number of nitrogens with one attached hydrogen (secondary N) is 1. The smallest absolute Gasteiger partial charge is 0.227 e. The molecule has 158 valence electrons. The van der Waals surface area contributed by atoms with E-state index in [1.165, 1.54) is 6.07 Å². The Hall–Kier alpha value is -3.28. The Bertz CT molecular complexity index is 1360. The van der Waals surface area contributed by atoms with E-state index in [4.69, 9.17) is 33.2 Å². The van der Waals surface area contributed by atoms with E-state index >= 15 is 0 Å². The molecule has 0 aliphatic carbocycles. The van der Waals surface area contributed by atoms with Gasteiger partial charge in [-0.1, -0.05) is 41.4 Å². The average molecular weight is 463 g/mol. The van der Waals surface area contributed by atoms with Crippen molar-refractivity contribution >= 4 is 40.5 Å². The van der Waals surface area contributed by atoms with Gasteiger partial charge in [0.15, 0.2) is 0 Å².